The van der Waals surface area contributed by atoms with Crippen molar-refractivity contribution in [1.82, 2.24) is 0 Å². The zero-order chi connectivity index (χ0) is 22.0. The van der Waals surface area contributed by atoms with E-state index in [1.54, 1.807) is 19.9 Å². The summed E-state index contributed by atoms with van der Waals surface area (Å²) in [6.45, 7) is 5.46. The number of benzene rings is 2. The zero-order valence-electron chi connectivity index (χ0n) is 17.4. The number of rotatable bonds is 9. The molecule has 2 rings (SSSR count). The van der Waals surface area contributed by atoms with Crippen LogP contribution in [0.5, 0.6) is 5.75 Å². The van der Waals surface area contributed by atoms with Crippen molar-refractivity contribution in [2.75, 3.05) is 13.2 Å². The third kappa shape index (κ3) is 7.20. The van der Waals surface area contributed by atoms with Crippen molar-refractivity contribution in [3.63, 3.8) is 0 Å². The topological polar surface area (TPSA) is 78.9 Å². The van der Waals surface area contributed by atoms with Gasteiger partial charge in [0.2, 0.25) is 0 Å². The molecular weight excluding hydrogens is 384 g/mol. The molecule has 0 fully saturated rings. The molecule has 0 atom stereocenters. The molecule has 2 aromatic carbocycles. The van der Waals surface area contributed by atoms with Gasteiger partial charge < -0.3 is 14.2 Å². The van der Waals surface area contributed by atoms with Gasteiger partial charge in [-0.05, 0) is 56.2 Å². The summed E-state index contributed by atoms with van der Waals surface area (Å²) in [7, 11) is 0. The number of hydrogen-bond donors (Lipinski definition) is 0. The van der Waals surface area contributed by atoms with Crippen LogP contribution in [-0.4, -0.2) is 31.1 Å². The predicted octanol–water partition coefficient (Wildman–Crippen LogP) is 4.44. The van der Waals surface area contributed by atoms with Gasteiger partial charge in [-0.25, -0.2) is 9.59 Å². The summed E-state index contributed by atoms with van der Waals surface area (Å²) in [4.78, 5) is 35.8. The summed E-state index contributed by atoms with van der Waals surface area (Å²) in [6.07, 6.45) is 3.64. The maximum atomic E-state index is 12.1. The van der Waals surface area contributed by atoms with Gasteiger partial charge in [-0.2, -0.15) is 0 Å². The summed E-state index contributed by atoms with van der Waals surface area (Å²) in [5.41, 5.74) is 0.624. The molecule has 0 aliphatic heterocycles. The minimum Gasteiger partial charge on any atom is -0.462 e. The molecule has 0 saturated heterocycles. The fourth-order valence-corrected chi connectivity index (χ4v) is 2.23. The molecule has 0 heterocycles. The molecule has 0 radical (unpaired) electrons. The van der Waals surface area contributed by atoms with Crippen LogP contribution in [0.4, 0.5) is 0 Å². The highest BCUT2D eigenvalue weighted by molar-refractivity contribution is 5.90. The molecule has 30 heavy (non-hydrogen) atoms. The van der Waals surface area contributed by atoms with E-state index in [2.05, 4.69) is 0 Å². The van der Waals surface area contributed by atoms with E-state index in [4.69, 9.17) is 14.2 Å². The standard InChI is InChI=1S/C24H26O6/c1-4-24(2,3)23(27)29-17-16-28-22(26)19-11-13-20(14-12-19)30-21(25)15-10-18-8-6-5-7-9-18/h5-15H,4,16-17H2,1-3H3/b15-10+. The molecule has 0 saturated carbocycles. The van der Waals surface area contributed by atoms with Crippen molar-refractivity contribution in [3.8, 4) is 5.75 Å². The highest BCUT2D eigenvalue weighted by Gasteiger charge is 2.26. The van der Waals surface area contributed by atoms with Gasteiger partial charge in [-0.3, -0.25) is 4.79 Å². The zero-order valence-corrected chi connectivity index (χ0v) is 17.4. The van der Waals surface area contributed by atoms with Crippen molar-refractivity contribution < 1.29 is 28.6 Å². The summed E-state index contributed by atoms with van der Waals surface area (Å²) < 4.78 is 15.4. The fraction of sp³-hybridized carbons (Fsp3) is 0.292. The Morgan fingerprint density at radius 3 is 2.17 bits per heavy atom. The van der Waals surface area contributed by atoms with Crippen molar-refractivity contribution in [3.05, 3.63) is 71.8 Å². The van der Waals surface area contributed by atoms with E-state index in [0.717, 1.165) is 5.56 Å². The Morgan fingerprint density at radius 2 is 1.53 bits per heavy atom. The van der Waals surface area contributed by atoms with Crippen LogP contribution in [-0.2, 0) is 19.1 Å². The third-order valence-electron chi connectivity index (χ3n) is 4.51. The Bertz CT molecular complexity index is 882. The number of carbonyl (C=O) groups excluding carboxylic acids is 3. The monoisotopic (exact) mass is 410 g/mol. The average Bonchev–Trinajstić information content (AvgIpc) is 2.76. The lowest BCUT2D eigenvalue weighted by Crippen LogP contribution is -2.27. The highest BCUT2D eigenvalue weighted by Crippen LogP contribution is 2.21. The predicted molar refractivity (Wildman–Crippen MR) is 113 cm³/mol. The Morgan fingerprint density at radius 1 is 0.900 bits per heavy atom. The number of ether oxygens (including phenoxy) is 3. The van der Waals surface area contributed by atoms with Crippen LogP contribution in [0.2, 0.25) is 0 Å². The minimum absolute atomic E-state index is 0.00253. The van der Waals surface area contributed by atoms with Crippen LogP contribution < -0.4 is 4.74 Å². The average molecular weight is 410 g/mol. The lowest BCUT2D eigenvalue weighted by atomic mass is 9.91. The molecule has 0 N–H and O–H groups in total. The molecule has 0 bridgehead atoms. The van der Waals surface area contributed by atoms with E-state index in [0.29, 0.717) is 17.7 Å². The molecule has 2 aromatic rings. The highest BCUT2D eigenvalue weighted by atomic mass is 16.6. The SMILES string of the molecule is CCC(C)(C)C(=O)OCCOC(=O)c1ccc(OC(=O)/C=C/c2ccccc2)cc1. The van der Waals surface area contributed by atoms with E-state index in [9.17, 15) is 14.4 Å². The Balaban J connectivity index is 1.78. The lowest BCUT2D eigenvalue weighted by Gasteiger charge is -2.20. The third-order valence-corrected chi connectivity index (χ3v) is 4.51. The number of hydrogen-bond acceptors (Lipinski definition) is 6. The van der Waals surface area contributed by atoms with Gasteiger partial charge >= 0.3 is 17.9 Å². The van der Waals surface area contributed by atoms with Gasteiger partial charge in [-0.1, -0.05) is 37.3 Å². The second-order valence-electron chi connectivity index (χ2n) is 7.20. The van der Waals surface area contributed by atoms with E-state index in [1.807, 2.05) is 37.3 Å². The maximum Gasteiger partial charge on any atom is 0.338 e. The van der Waals surface area contributed by atoms with Gasteiger partial charge in [0.25, 0.3) is 0 Å². The van der Waals surface area contributed by atoms with Gasteiger partial charge in [0.15, 0.2) is 0 Å². The van der Waals surface area contributed by atoms with Crippen LogP contribution in [0, 0.1) is 5.41 Å². The van der Waals surface area contributed by atoms with E-state index in [1.165, 1.54) is 30.3 Å². The molecule has 6 heteroatoms. The molecule has 0 amide bonds. The molecule has 0 aliphatic rings. The Labute approximate surface area is 176 Å². The first-order chi connectivity index (χ1) is 14.3. The lowest BCUT2D eigenvalue weighted by molar-refractivity contribution is -0.155. The maximum absolute atomic E-state index is 12.1. The molecule has 6 nitrogen and oxygen atoms in total. The van der Waals surface area contributed by atoms with Crippen LogP contribution in [0.25, 0.3) is 6.08 Å². The Hall–Kier alpha value is -3.41. The first-order valence-electron chi connectivity index (χ1n) is 9.71. The van der Waals surface area contributed by atoms with E-state index >= 15 is 0 Å². The van der Waals surface area contributed by atoms with Gasteiger partial charge in [0.1, 0.15) is 19.0 Å². The van der Waals surface area contributed by atoms with Crippen LogP contribution >= 0.6 is 0 Å². The summed E-state index contributed by atoms with van der Waals surface area (Å²) in [5.74, 6) is -1.09. The second kappa shape index (κ2) is 11.0. The summed E-state index contributed by atoms with van der Waals surface area (Å²) in [5, 5.41) is 0. The fourth-order valence-electron chi connectivity index (χ4n) is 2.23. The van der Waals surface area contributed by atoms with Crippen LogP contribution in [0.15, 0.2) is 60.7 Å². The Kier molecular flexibility index (Phi) is 8.35. The van der Waals surface area contributed by atoms with Crippen molar-refractivity contribution in [1.29, 1.82) is 0 Å². The normalized spacial score (nSPS) is 11.2. The quantitative estimate of drug-likeness (QED) is 0.263. The van der Waals surface area contributed by atoms with Gasteiger partial charge in [-0.15, -0.1) is 0 Å². The largest absolute Gasteiger partial charge is 0.462 e. The molecular formula is C24H26O6. The molecule has 158 valence electrons. The van der Waals surface area contributed by atoms with Crippen molar-refractivity contribution in [2.24, 2.45) is 5.41 Å². The summed E-state index contributed by atoms with van der Waals surface area (Å²) >= 11 is 0. The van der Waals surface area contributed by atoms with Gasteiger partial charge in [0.05, 0.1) is 11.0 Å². The van der Waals surface area contributed by atoms with Crippen LogP contribution in [0.3, 0.4) is 0 Å². The van der Waals surface area contributed by atoms with Crippen molar-refractivity contribution >= 4 is 24.0 Å². The first-order valence-corrected chi connectivity index (χ1v) is 9.71. The number of esters is 3. The van der Waals surface area contributed by atoms with Gasteiger partial charge in [0, 0.05) is 6.08 Å². The molecule has 0 spiro atoms. The summed E-state index contributed by atoms with van der Waals surface area (Å²) in [6, 6.07) is 15.4. The smallest absolute Gasteiger partial charge is 0.338 e. The molecule has 0 aromatic heterocycles. The molecule has 0 unspecified atom stereocenters. The minimum atomic E-state index is -0.562. The van der Waals surface area contributed by atoms with Crippen LogP contribution in [0.1, 0.15) is 43.1 Å². The number of carbonyl (C=O) groups is 3. The molecule has 0 aliphatic carbocycles. The van der Waals surface area contributed by atoms with E-state index < -0.39 is 17.4 Å². The van der Waals surface area contributed by atoms with E-state index in [-0.39, 0.29) is 19.2 Å². The second-order valence-corrected chi connectivity index (χ2v) is 7.20. The first kappa shape index (κ1) is 22.9. The van der Waals surface area contributed by atoms with Crippen molar-refractivity contribution in [2.45, 2.75) is 27.2 Å².